The summed E-state index contributed by atoms with van der Waals surface area (Å²) in [6, 6.07) is 10.6. The molecule has 1 aliphatic rings. The van der Waals surface area contributed by atoms with Crippen molar-refractivity contribution in [1.82, 2.24) is 15.2 Å². The Morgan fingerprint density at radius 2 is 2.09 bits per heavy atom. The van der Waals surface area contributed by atoms with Crippen LogP contribution in [-0.4, -0.2) is 35.4 Å². The molecule has 23 heavy (non-hydrogen) atoms. The number of nitrogens with zero attached hydrogens (tertiary/aromatic N) is 2. The molecule has 1 amide bonds. The number of benzene rings is 1. The first-order valence-electron chi connectivity index (χ1n) is 8.21. The Kier molecular flexibility index (Phi) is 4.72. The number of amides is 1. The molecule has 1 atom stereocenters. The van der Waals surface area contributed by atoms with Crippen molar-refractivity contribution in [3.8, 4) is 0 Å². The highest BCUT2D eigenvalue weighted by atomic mass is 16.2. The van der Waals surface area contributed by atoms with Crippen LogP contribution in [-0.2, 0) is 6.42 Å². The van der Waals surface area contributed by atoms with E-state index in [-0.39, 0.29) is 11.9 Å². The first-order chi connectivity index (χ1) is 11.2. The fourth-order valence-corrected chi connectivity index (χ4v) is 3.06. The van der Waals surface area contributed by atoms with Gasteiger partial charge >= 0.3 is 0 Å². The molecule has 1 fully saturated rings. The summed E-state index contributed by atoms with van der Waals surface area (Å²) in [6.07, 6.45) is 4.46. The van der Waals surface area contributed by atoms with Crippen molar-refractivity contribution in [3.05, 3.63) is 65.0 Å². The van der Waals surface area contributed by atoms with E-state index in [0.717, 1.165) is 25.1 Å². The second kappa shape index (κ2) is 6.92. The zero-order valence-corrected chi connectivity index (χ0v) is 13.7. The monoisotopic (exact) mass is 309 g/mol. The van der Waals surface area contributed by atoms with Crippen LogP contribution < -0.4 is 5.32 Å². The van der Waals surface area contributed by atoms with Crippen molar-refractivity contribution in [3.63, 3.8) is 0 Å². The van der Waals surface area contributed by atoms with Gasteiger partial charge in [-0.2, -0.15) is 0 Å². The van der Waals surface area contributed by atoms with Crippen molar-refractivity contribution in [2.24, 2.45) is 0 Å². The number of nitrogens with one attached hydrogen (secondary N) is 1. The van der Waals surface area contributed by atoms with E-state index < -0.39 is 0 Å². The Labute approximate surface area is 137 Å². The molecule has 4 nitrogen and oxygen atoms in total. The van der Waals surface area contributed by atoms with Crippen LogP contribution in [0.5, 0.6) is 0 Å². The van der Waals surface area contributed by atoms with Gasteiger partial charge in [0.1, 0.15) is 0 Å². The van der Waals surface area contributed by atoms with Gasteiger partial charge in [0.05, 0.1) is 11.6 Å². The van der Waals surface area contributed by atoms with Gasteiger partial charge in [-0.15, -0.1) is 0 Å². The first kappa shape index (κ1) is 15.7. The minimum absolute atomic E-state index is 0.0623. The second-order valence-electron chi connectivity index (χ2n) is 6.06. The van der Waals surface area contributed by atoms with Crippen LogP contribution in [0.2, 0.25) is 0 Å². The Morgan fingerprint density at radius 3 is 2.78 bits per heavy atom. The van der Waals surface area contributed by atoms with Gasteiger partial charge in [-0.1, -0.05) is 31.2 Å². The van der Waals surface area contributed by atoms with Crippen LogP contribution in [0.15, 0.2) is 42.7 Å². The molecule has 0 bridgehead atoms. The quantitative estimate of drug-likeness (QED) is 0.948. The summed E-state index contributed by atoms with van der Waals surface area (Å²) < 4.78 is 0. The summed E-state index contributed by atoms with van der Waals surface area (Å²) in [6.45, 7) is 6.44. The molecule has 0 aliphatic carbocycles. The van der Waals surface area contributed by atoms with Crippen LogP contribution in [0.1, 0.15) is 40.0 Å². The lowest BCUT2D eigenvalue weighted by Gasteiger charge is -2.36. The predicted molar refractivity (Wildman–Crippen MR) is 91.4 cm³/mol. The molecule has 1 aromatic heterocycles. The van der Waals surface area contributed by atoms with E-state index in [4.69, 9.17) is 0 Å². The second-order valence-corrected chi connectivity index (χ2v) is 6.06. The van der Waals surface area contributed by atoms with Gasteiger partial charge in [0.2, 0.25) is 0 Å². The van der Waals surface area contributed by atoms with Crippen LogP contribution in [0, 0.1) is 6.92 Å². The van der Waals surface area contributed by atoms with Crippen molar-refractivity contribution in [1.29, 1.82) is 0 Å². The van der Waals surface area contributed by atoms with Gasteiger partial charge in [-0.25, -0.2) is 0 Å². The number of hydrogen-bond acceptors (Lipinski definition) is 3. The maximum absolute atomic E-state index is 12.9. The van der Waals surface area contributed by atoms with Gasteiger partial charge in [0.25, 0.3) is 5.91 Å². The number of pyridine rings is 1. The standard InChI is InChI=1S/C19H23N3O/c1-3-15-4-6-16(7-5-15)18-13-20-8-9-22(18)19(23)17-10-14(2)11-21-12-17/h4-7,10-12,18,20H,3,8-9,13H2,1-2H3. The Morgan fingerprint density at radius 1 is 1.30 bits per heavy atom. The van der Waals surface area contributed by atoms with Crippen molar-refractivity contribution in [2.75, 3.05) is 19.6 Å². The largest absolute Gasteiger partial charge is 0.329 e. The Balaban J connectivity index is 1.87. The smallest absolute Gasteiger partial charge is 0.256 e. The van der Waals surface area contributed by atoms with E-state index in [1.54, 1.807) is 12.4 Å². The summed E-state index contributed by atoms with van der Waals surface area (Å²) >= 11 is 0. The normalized spacial score (nSPS) is 18.0. The highest BCUT2D eigenvalue weighted by Gasteiger charge is 2.28. The average molecular weight is 309 g/mol. The number of piperazine rings is 1. The van der Waals surface area contributed by atoms with E-state index in [9.17, 15) is 4.79 Å². The van der Waals surface area contributed by atoms with Crippen molar-refractivity contribution in [2.45, 2.75) is 26.3 Å². The van der Waals surface area contributed by atoms with Gasteiger partial charge in [-0.3, -0.25) is 9.78 Å². The lowest BCUT2D eigenvalue weighted by atomic mass is 10.00. The van der Waals surface area contributed by atoms with E-state index in [1.165, 1.54) is 11.1 Å². The lowest BCUT2D eigenvalue weighted by Crippen LogP contribution is -2.48. The van der Waals surface area contributed by atoms with E-state index in [1.807, 2.05) is 17.9 Å². The fourth-order valence-electron chi connectivity index (χ4n) is 3.06. The van der Waals surface area contributed by atoms with Crippen molar-refractivity contribution >= 4 is 5.91 Å². The summed E-state index contributed by atoms with van der Waals surface area (Å²) in [5.41, 5.74) is 4.18. The zero-order chi connectivity index (χ0) is 16.2. The molecule has 1 aliphatic heterocycles. The van der Waals surface area contributed by atoms with E-state index in [2.05, 4.69) is 41.5 Å². The number of rotatable bonds is 3. The first-order valence-corrected chi connectivity index (χ1v) is 8.21. The number of aromatic nitrogens is 1. The number of aryl methyl sites for hydroxylation is 2. The molecular weight excluding hydrogens is 286 g/mol. The van der Waals surface area contributed by atoms with Crippen LogP contribution >= 0.6 is 0 Å². The third kappa shape index (κ3) is 3.42. The molecule has 1 aromatic carbocycles. The number of hydrogen-bond donors (Lipinski definition) is 1. The summed E-state index contributed by atoms with van der Waals surface area (Å²) in [7, 11) is 0. The minimum Gasteiger partial charge on any atom is -0.329 e. The van der Waals surface area contributed by atoms with E-state index in [0.29, 0.717) is 12.1 Å². The highest BCUT2D eigenvalue weighted by Crippen LogP contribution is 2.24. The molecule has 1 N–H and O–H groups in total. The summed E-state index contributed by atoms with van der Waals surface area (Å²) in [5, 5.41) is 3.40. The molecule has 0 saturated carbocycles. The highest BCUT2D eigenvalue weighted by molar-refractivity contribution is 5.94. The topological polar surface area (TPSA) is 45.2 Å². The molecule has 0 radical (unpaired) electrons. The Bertz CT molecular complexity index is 681. The van der Waals surface area contributed by atoms with Crippen LogP contribution in [0.4, 0.5) is 0 Å². The molecule has 2 aromatic rings. The average Bonchev–Trinajstić information content (AvgIpc) is 2.61. The molecule has 3 rings (SSSR count). The molecule has 1 saturated heterocycles. The third-order valence-electron chi connectivity index (χ3n) is 4.40. The van der Waals surface area contributed by atoms with Gasteiger partial charge in [0, 0.05) is 32.0 Å². The summed E-state index contributed by atoms with van der Waals surface area (Å²) in [4.78, 5) is 19.0. The molecule has 4 heteroatoms. The summed E-state index contributed by atoms with van der Waals surface area (Å²) in [5.74, 6) is 0.0623. The third-order valence-corrected chi connectivity index (χ3v) is 4.40. The maximum atomic E-state index is 12.9. The SMILES string of the molecule is CCc1ccc(C2CNCCN2C(=O)c2cncc(C)c2)cc1. The number of carbonyl (C=O) groups excluding carboxylic acids is 1. The molecule has 2 heterocycles. The van der Waals surface area contributed by atoms with Gasteiger partial charge < -0.3 is 10.2 Å². The van der Waals surface area contributed by atoms with Crippen LogP contribution in [0.25, 0.3) is 0 Å². The Hall–Kier alpha value is -2.20. The number of carbonyl (C=O) groups is 1. The zero-order valence-electron chi connectivity index (χ0n) is 13.7. The maximum Gasteiger partial charge on any atom is 0.256 e. The molecular formula is C19H23N3O. The molecule has 1 unspecified atom stereocenters. The van der Waals surface area contributed by atoms with Crippen molar-refractivity contribution < 1.29 is 4.79 Å². The van der Waals surface area contributed by atoms with Gasteiger partial charge in [-0.05, 0) is 36.1 Å². The minimum atomic E-state index is 0.0623. The molecule has 120 valence electrons. The van der Waals surface area contributed by atoms with Gasteiger partial charge in [0.15, 0.2) is 0 Å². The fraction of sp³-hybridized carbons (Fsp3) is 0.368. The predicted octanol–water partition coefficient (Wildman–Crippen LogP) is 2.74. The van der Waals surface area contributed by atoms with Crippen LogP contribution in [0.3, 0.4) is 0 Å². The lowest BCUT2D eigenvalue weighted by molar-refractivity contribution is 0.0634. The van der Waals surface area contributed by atoms with E-state index >= 15 is 0 Å². The molecule has 0 spiro atoms.